The highest BCUT2D eigenvalue weighted by atomic mass is 16.4. The van der Waals surface area contributed by atoms with E-state index in [9.17, 15) is 9.59 Å². The number of carboxylic acid groups (broad SMARTS) is 1. The van der Waals surface area contributed by atoms with Gasteiger partial charge in [-0.3, -0.25) is 14.5 Å². The number of carbonyl (C=O) groups excluding carboxylic acids is 1. The first-order valence-electron chi connectivity index (χ1n) is 7.32. The van der Waals surface area contributed by atoms with E-state index in [0.717, 1.165) is 31.6 Å². The zero-order chi connectivity index (χ0) is 15.8. The first kappa shape index (κ1) is 17.2. The minimum Gasteiger partial charge on any atom is -0.480 e. The summed E-state index contributed by atoms with van der Waals surface area (Å²) in [6.07, 6.45) is 1.11. The molecule has 0 fully saturated rings. The lowest BCUT2D eigenvalue weighted by Crippen LogP contribution is -2.38. The van der Waals surface area contributed by atoms with Crippen molar-refractivity contribution in [1.82, 2.24) is 10.2 Å². The second kappa shape index (κ2) is 8.42. The summed E-state index contributed by atoms with van der Waals surface area (Å²) in [6, 6.07) is 6.41. The second-order valence-corrected chi connectivity index (χ2v) is 5.10. The van der Waals surface area contributed by atoms with E-state index >= 15 is 0 Å². The van der Waals surface area contributed by atoms with Crippen LogP contribution >= 0.6 is 0 Å². The van der Waals surface area contributed by atoms with Gasteiger partial charge >= 0.3 is 5.97 Å². The summed E-state index contributed by atoms with van der Waals surface area (Å²) < 4.78 is 0. The van der Waals surface area contributed by atoms with E-state index in [2.05, 4.69) is 24.1 Å². The second-order valence-electron chi connectivity index (χ2n) is 5.10. The Balaban J connectivity index is 2.65. The lowest BCUT2D eigenvalue weighted by molar-refractivity contribution is -0.138. The van der Waals surface area contributed by atoms with Crippen LogP contribution in [0, 0.1) is 0 Å². The van der Waals surface area contributed by atoms with Gasteiger partial charge in [-0.15, -0.1) is 0 Å². The van der Waals surface area contributed by atoms with E-state index in [0.29, 0.717) is 5.56 Å². The largest absolute Gasteiger partial charge is 0.480 e. The summed E-state index contributed by atoms with van der Waals surface area (Å²) in [5.74, 6) is -1.41. The molecule has 0 aliphatic heterocycles. The van der Waals surface area contributed by atoms with Crippen LogP contribution in [0.4, 0.5) is 0 Å². The van der Waals surface area contributed by atoms with Crippen LogP contribution in [0.25, 0.3) is 0 Å². The molecule has 0 aliphatic rings. The number of nitrogens with zero attached hydrogens (tertiary/aromatic N) is 1. The molecular weight excluding hydrogens is 268 g/mol. The van der Waals surface area contributed by atoms with Gasteiger partial charge < -0.3 is 10.4 Å². The Hall–Kier alpha value is -1.88. The summed E-state index contributed by atoms with van der Waals surface area (Å²) >= 11 is 0. The van der Waals surface area contributed by atoms with Gasteiger partial charge in [-0.2, -0.15) is 0 Å². The van der Waals surface area contributed by atoms with Gasteiger partial charge in [-0.05, 0) is 44.1 Å². The quantitative estimate of drug-likeness (QED) is 0.770. The van der Waals surface area contributed by atoms with Gasteiger partial charge in [0.15, 0.2) is 0 Å². The fraction of sp³-hybridized carbons (Fsp3) is 0.500. The summed E-state index contributed by atoms with van der Waals surface area (Å²) in [6.45, 7) is 8.63. The molecule has 1 amide bonds. The number of benzene rings is 1. The molecule has 1 aromatic carbocycles. The zero-order valence-corrected chi connectivity index (χ0v) is 12.9. The molecule has 5 heteroatoms. The van der Waals surface area contributed by atoms with Gasteiger partial charge in [-0.25, -0.2) is 0 Å². The molecular formula is C16H24N2O3. The molecule has 0 radical (unpaired) electrons. The van der Waals surface area contributed by atoms with E-state index in [1.165, 1.54) is 6.92 Å². The summed E-state index contributed by atoms with van der Waals surface area (Å²) in [4.78, 5) is 24.9. The van der Waals surface area contributed by atoms with Crippen molar-refractivity contribution in [2.75, 3.05) is 13.1 Å². The van der Waals surface area contributed by atoms with Crippen molar-refractivity contribution in [2.24, 2.45) is 0 Å². The standard InChI is InChI=1S/C16H24N2O3/c1-4-10-18(5-2)11-13-6-8-14(9-7-13)15(19)17-12(3)16(20)21/h6-9,12H,4-5,10-11H2,1-3H3,(H,17,19)(H,20,21)/t12-/m1/s1. The summed E-state index contributed by atoms with van der Waals surface area (Å²) in [7, 11) is 0. The molecule has 0 saturated heterocycles. The number of carbonyl (C=O) groups is 2. The normalized spacial score (nSPS) is 12.2. The Kier molecular flexibility index (Phi) is 6.88. The molecule has 0 bridgehead atoms. The van der Waals surface area contributed by atoms with Crippen molar-refractivity contribution in [3.63, 3.8) is 0 Å². The maximum atomic E-state index is 11.9. The van der Waals surface area contributed by atoms with Gasteiger partial charge in [0.25, 0.3) is 5.91 Å². The van der Waals surface area contributed by atoms with Crippen LogP contribution in [0.1, 0.15) is 43.1 Å². The number of carboxylic acids is 1. The van der Waals surface area contributed by atoms with Crippen LogP contribution < -0.4 is 5.32 Å². The van der Waals surface area contributed by atoms with Gasteiger partial charge in [-0.1, -0.05) is 26.0 Å². The third-order valence-electron chi connectivity index (χ3n) is 3.33. The molecule has 0 saturated carbocycles. The molecule has 0 spiro atoms. The molecule has 1 atom stereocenters. The SMILES string of the molecule is CCCN(CC)Cc1ccc(C(=O)N[C@H](C)C(=O)O)cc1. The van der Waals surface area contributed by atoms with Gasteiger partial charge in [0.1, 0.15) is 6.04 Å². The molecule has 2 N–H and O–H groups in total. The number of nitrogens with one attached hydrogen (secondary N) is 1. The Morgan fingerprint density at radius 3 is 2.33 bits per heavy atom. The van der Waals surface area contributed by atoms with Crippen LogP contribution in [0.2, 0.25) is 0 Å². The molecule has 0 aromatic heterocycles. The van der Waals surface area contributed by atoms with Crippen molar-refractivity contribution in [1.29, 1.82) is 0 Å². The Morgan fingerprint density at radius 2 is 1.86 bits per heavy atom. The van der Waals surface area contributed by atoms with Crippen LogP contribution in [0.15, 0.2) is 24.3 Å². The number of rotatable bonds is 8. The number of amides is 1. The molecule has 1 aromatic rings. The van der Waals surface area contributed by atoms with E-state index in [4.69, 9.17) is 5.11 Å². The van der Waals surface area contributed by atoms with Crippen LogP contribution in [-0.2, 0) is 11.3 Å². The smallest absolute Gasteiger partial charge is 0.325 e. The molecule has 116 valence electrons. The van der Waals surface area contributed by atoms with E-state index in [-0.39, 0.29) is 5.91 Å². The van der Waals surface area contributed by atoms with Gasteiger partial charge in [0, 0.05) is 12.1 Å². The number of hydrogen-bond donors (Lipinski definition) is 2. The fourth-order valence-electron chi connectivity index (χ4n) is 2.03. The minimum atomic E-state index is -1.04. The van der Waals surface area contributed by atoms with Crippen molar-refractivity contribution in [2.45, 2.75) is 39.8 Å². The van der Waals surface area contributed by atoms with Crippen molar-refractivity contribution in [3.8, 4) is 0 Å². The van der Waals surface area contributed by atoms with Crippen molar-refractivity contribution < 1.29 is 14.7 Å². The average molecular weight is 292 g/mol. The van der Waals surface area contributed by atoms with Gasteiger partial charge in [0.05, 0.1) is 0 Å². The fourth-order valence-corrected chi connectivity index (χ4v) is 2.03. The maximum absolute atomic E-state index is 11.9. The maximum Gasteiger partial charge on any atom is 0.325 e. The lowest BCUT2D eigenvalue weighted by Gasteiger charge is -2.19. The van der Waals surface area contributed by atoms with E-state index < -0.39 is 12.0 Å². The predicted octanol–water partition coefficient (Wildman–Crippen LogP) is 2.12. The molecule has 21 heavy (non-hydrogen) atoms. The highest BCUT2D eigenvalue weighted by Crippen LogP contribution is 2.08. The third kappa shape index (κ3) is 5.55. The molecule has 0 unspecified atom stereocenters. The highest BCUT2D eigenvalue weighted by Gasteiger charge is 2.15. The van der Waals surface area contributed by atoms with Crippen molar-refractivity contribution >= 4 is 11.9 Å². The molecule has 0 aliphatic carbocycles. The molecule has 5 nitrogen and oxygen atoms in total. The third-order valence-corrected chi connectivity index (χ3v) is 3.33. The predicted molar refractivity (Wildman–Crippen MR) is 82.2 cm³/mol. The first-order chi connectivity index (χ1) is 9.97. The van der Waals surface area contributed by atoms with E-state index in [1.54, 1.807) is 12.1 Å². The van der Waals surface area contributed by atoms with Crippen molar-refractivity contribution in [3.05, 3.63) is 35.4 Å². The van der Waals surface area contributed by atoms with Crippen LogP contribution in [0.3, 0.4) is 0 Å². The Morgan fingerprint density at radius 1 is 1.24 bits per heavy atom. The lowest BCUT2D eigenvalue weighted by atomic mass is 10.1. The summed E-state index contributed by atoms with van der Waals surface area (Å²) in [5, 5.41) is 11.2. The zero-order valence-electron chi connectivity index (χ0n) is 12.9. The molecule has 0 heterocycles. The highest BCUT2D eigenvalue weighted by molar-refractivity contribution is 5.96. The Bertz CT molecular complexity index is 471. The number of aliphatic carboxylic acids is 1. The van der Waals surface area contributed by atoms with Gasteiger partial charge in [0.2, 0.25) is 0 Å². The minimum absolute atomic E-state index is 0.364. The Labute approximate surface area is 126 Å². The van der Waals surface area contributed by atoms with Crippen LogP contribution in [0.5, 0.6) is 0 Å². The summed E-state index contributed by atoms with van der Waals surface area (Å²) in [5.41, 5.74) is 1.62. The molecule has 1 rings (SSSR count). The monoisotopic (exact) mass is 292 g/mol. The average Bonchev–Trinajstić information content (AvgIpc) is 2.47. The number of hydrogen-bond acceptors (Lipinski definition) is 3. The first-order valence-corrected chi connectivity index (χ1v) is 7.32. The topological polar surface area (TPSA) is 69.6 Å². The van der Waals surface area contributed by atoms with E-state index in [1.807, 2.05) is 12.1 Å². The van der Waals surface area contributed by atoms with Crippen LogP contribution in [-0.4, -0.2) is 41.0 Å².